The van der Waals surface area contributed by atoms with E-state index in [1.54, 1.807) is 48.2 Å². The van der Waals surface area contributed by atoms with Gasteiger partial charge in [0.05, 0.1) is 0 Å². The minimum atomic E-state index is -0.425. The average Bonchev–Trinajstić information content (AvgIpc) is 2.54. The highest BCUT2D eigenvalue weighted by atomic mass is 16.5. The van der Waals surface area contributed by atoms with Gasteiger partial charge in [-0.3, -0.25) is 9.59 Å². The highest BCUT2D eigenvalue weighted by molar-refractivity contribution is 5.94. The quantitative estimate of drug-likeness (QED) is 0.671. The van der Waals surface area contributed by atoms with Crippen molar-refractivity contribution in [2.24, 2.45) is 0 Å². The Bertz CT molecular complexity index is 622. The van der Waals surface area contributed by atoms with Gasteiger partial charge in [-0.05, 0) is 31.0 Å². The molecule has 3 amide bonds. The van der Waals surface area contributed by atoms with E-state index in [9.17, 15) is 14.4 Å². The molecule has 1 heterocycles. The first kappa shape index (κ1) is 17.8. The minimum Gasteiger partial charge on any atom is -0.427 e. The average molecular weight is 333 g/mol. The first-order valence-electron chi connectivity index (χ1n) is 7.92. The van der Waals surface area contributed by atoms with Crippen LogP contribution in [0.3, 0.4) is 0 Å². The molecular formula is C17H23N3O4. The summed E-state index contributed by atoms with van der Waals surface area (Å²) in [7, 11) is 3.46. The third-order valence-corrected chi connectivity index (χ3v) is 3.84. The van der Waals surface area contributed by atoms with Crippen molar-refractivity contribution in [1.29, 1.82) is 0 Å². The molecule has 130 valence electrons. The van der Waals surface area contributed by atoms with Gasteiger partial charge in [0.2, 0.25) is 0 Å². The van der Waals surface area contributed by atoms with Crippen LogP contribution in [0.1, 0.15) is 30.1 Å². The lowest BCUT2D eigenvalue weighted by atomic mass is 10.0. The molecule has 0 aliphatic carbocycles. The van der Waals surface area contributed by atoms with Crippen LogP contribution in [0.25, 0.3) is 0 Å². The number of likely N-dealkylation sites (tertiary alicyclic amines) is 1. The number of piperidine rings is 1. The first-order chi connectivity index (χ1) is 11.4. The third-order valence-electron chi connectivity index (χ3n) is 3.84. The van der Waals surface area contributed by atoms with Crippen LogP contribution in [-0.4, -0.2) is 60.9 Å². The number of amides is 3. The van der Waals surface area contributed by atoms with Crippen LogP contribution in [0.2, 0.25) is 0 Å². The van der Waals surface area contributed by atoms with Crippen LogP contribution in [0.15, 0.2) is 24.3 Å². The lowest BCUT2D eigenvalue weighted by molar-refractivity contribution is -0.131. The molecule has 0 bridgehead atoms. The molecule has 7 heteroatoms. The number of ether oxygens (including phenoxy) is 1. The molecule has 1 fully saturated rings. The largest absolute Gasteiger partial charge is 0.427 e. The number of hydrogen-bond donors (Lipinski definition) is 1. The van der Waals surface area contributed by atoms with Gasteiger partial charge < -0.3 is 19.9 Å². The Labute approximate surface area is 141 Å². The number of carbonyl (C=O) groups excluding carboxylic acids is 3. The smallest absolute Gasteiger partial charge is 0.319 e. The molecule has 2 rings (SSSR count). The molecule has 0 unspecified atom stereocenters. The van der Waals surface area contributed by atoms with Crippen molar-refractivity contribution in [1.82, 2.24) is 15.1 Å². The summed E-state index contributed by atoms with van der Waals surface area (Å²) in [6.07, 6.45) is 1.43. The van der Waals surface area contributed by atoms with Crippen molar-refractivity contribution >= 4 is 17.9 Å². The lowest BCUT2D eigenvalue weighted by Crippen LogP contribution is -2.49. The van der Waals surface area contributed by atoms with Crippen LogP contribution >= 0.6 is 0 Å². The fraction of sp³-hybridized carbons (Fsp3) is 0.471. The van der Waals surface area contributed by atoms with Crippen molar-refractivity contribution in [3.05, 3.63) is 29.8 Å². The maximum atomic E-state index is 12.3. The molecule has 0 atom stereocenters. The van der Waals surface area contributed by atoms with Crippen LogP contribution < -0.4 is 10.1 Å². The summed E-state index contributed by atoms with van der Waals surface area (Å²) in [5.74, 6) is -0.284. The molecule has 1 aromatic rings. The summed E-state index contributed by atoms with van der Waals surface area (Å²) in [5.41, 5.74) is 0.445. The van der Waals surface area contributed by atoms with E-state index < -0.39 is 5.97 Å². The van der Waals surface area contributed by atoms with Gasteiger partial charge in [0, 0.05) is 45.7 Å². The number of urea groups is 1. The number of nitrogens with one attached hydrogen (secondary N) is 1. The standard InChI is InChI=1S/C17H23N3O4/c1-12(21)24-15-6-4-5-13(11-15)16(22)18-14-7-9-20(10-8-14)17(23)19(2)3/h4-6,11,14H,7-10H2,1-3H3,(H,18,22). The van der Waals surface area contributed by atoms with Crippen LogP contribution in [0.5, 0.6) is 5.75 Å². The van der Waals surface area contributed by atoms with E-state index in [2.05, 4.69) is 5.32 Å². The second kappa shape index (κ2) is 7.81. The molecule has 0 spiro atoms. The van der Waals surface area contributed by atoms with Gasteiger partial charge in [-0.1, -0.05) is 6.07 Å². The molecular weight excluding hydrogens is 310 g/mol. The normalized spacial score (nSPS) is 14.9. The second-order valence-electron chi connectivity index (χ2n) is 6.03. The van der Waals surface area contributed by atoms with Crippen LogP contribution in [0.4, 0.5) is 4.79 Å². The predicted octanol–water partition coefficient (Wildman–Crippen LogP) is 1.49. The fourth-order valence-electron chi connectivity index (χ4n) is 2.63. The molecule has 1 aromatic carbocycles. The number of benzene rings is 1. The Morgan fingerprint density at radius 1 is 1.21 bits per heavy atom. The van der Waals surface area contributed by atoms with Gasteiger partial charge in [-0.2, -0.15) is 0 Å². The highest BCUT2D eigenvalue weighted by Gasteiger charge is 2.25. The molecule has 24 heavy (non-hydrogen) atoms. The Morgan fingerprint density at radius 3 is 2.46 bits per heavy atom. The maximum Gasteiger partial charge on any atom is 0.319 e. The zero-order valence-electron chi connectivity index (χ0n) is 14.2. The first-order valence-corrected chi connectivity index (χ1v) is 7.92. The zero-order chi connectivity index (χ0) is 17.7. The van der Waals surface area contributed by atoms with Crippen LogP contribution in [-0.2, 0) is 4.79 Å². The van der Waals surface area contributed by atoms with Gasteiger partial charge in [-0.25, -0.2) is 4.79 Å². The summed E-state index contributed by atoms with van der Waals surface area (Å²) in [4.78, 5) is 38.6. The number of nitrogens with zero attached hydrogens (tertiary/aromatic N) is 2. The van der Waals surface area contributed by atoms with E-state index >= 15 is 0 Å². The second-order valence-corrected chi connectivity index (χ2v) is 6.03. The molecule has 1 aliphatic rings. The van der Waals surface area contributed by atoms with Crippen molar-refractivity contribution < 1.29 is 19.1 Å². The summed E-state index contributed by atoms with van der Waals surface area (Å²) >= 11 is 0. The fourth-order valence-corrected chi connectivity index (χ4v) is 2.63. The molecule has 1 aliphatic heterocycles. The predicted molar refractivity (Wildman–Crippen MR) is 88.9 cm³/mol. The third kappa shape index (κ3) is 4.71. The SMILES string of the molecule is CC(=O)Oc1cccc(C(=O)NC2CCN(C(=O)N(C)C)CC2)c1. The van der Waals surface area contributed by atoms with Crippen molar-refractivity contribution in [2.75, 3.05) is 27.2 Å². The number of esters is 1. The van der Waals surface area contributed by atoms with Gasteiger partial charge in [0.25, 0.3) is 5.91 Å². The van der Waals surface area contributed by atoms with E-state index in [1.165, 1.54) is 6.92 Å². The highest BCUT2D eigenvalue weighted by Crippen LogP contribution is 2.16. The number of carbonyl (C=O) groups is 3. The molecule has 0 radical (unpaired) electrons. The summed E-state index contributed by atoms with van der Waals surface area (Å²) in [6.45, 7) is 2.56. The Morgan fingerprint density at radius 2 is 1.88 bits per heavy atom. The Balaban J connectivity index is 1.90. The summed E-state index contributed by atoms with van der Waals surface area (Å²) in [5, 5.41) is 2.97. The topological polar surface area (TPSA) is 79.0 Å². The molecule has 7 nitrogen and oxygen atoms in total. The molecule has 0 saturated carbocycles. The van der Waals surface area contributed by atoms with Gasteiger partial charge in [-0.15, -0.1) is 0 Å². The monoisotopic (exact) mass is 333 g/mol. The minimum absolute atomic E-state index is 0.00569. The number of rotatable bonds is 3. The Kier molecular flexibility index (Phi) is 5.78. The van der Waals surface area contributed by atoms with Crippen molar-refractivity contribution in [2.45, 2.75) is 25.8 Å². The summed E-state index contributed by atoms with van der Waals surface area (Å²) in [6, 6.07) is 6.54. The molecule has 1 N–H and O–H groups in total. The van der Waals surface area contributed by atoms with Crippen LogP contribution in [0, 0.1) is 0 Å². The van der Waals surface area contributed by atoms with E-state index in [4.69, 9.17) is 4.74 Å². The van der Waals surface area contributed by atoms with Crippen molar-refractivity contribution in [3.8, 4) is 5.75 Å². The maximum absolute atomic E-state index is 12.3. The van der Waals surface area contributed by atoms with Gasteiger partial charge in [0.1, 0.15) is 5.75 Å². The van der Waals surface area contributed by atoms with Gasteiger partial charge >= 0.3 is 12.0 Å². The van der Waals surface area contributed by atoms with Gasteiger partial charge in [0.15, 0.2) is 0 Å². The molecule has 1 saturated heterocycles. The van der Waals surface area contributed by atoms with E-state index in [0.717, 1.165) is 12.8 Å². The molecule has 0 aromatic heterocycles. The van der Waals surface area contributed by atoms with E-state index in [-0.39, 0.29) is 18.0 Å². The lowest BCUT2D eigenvalue weighted by Gasteiger charge is -2.33. The van der Waals surface area contributed by atoms with Crippen molar-refractivity contribution in [3.63, 3.8) is 0 Å². The summed E-state index contributed by atoms with van der Waals surface area (Å²) < 4.78 is 4.99. The Hall–Kier alpha value is -2.57. The number of hydrogen-bond acceptors (Lipinski definition) is 4. The van der Waals surface area contributed by atoms with E-state index in [0.29, 0.717) is 24.4 Å². The van der Waals surface area contributed by atoms with E-state index in [1.807, 2.05) is 0 Å². The zero-order valence-corrected chi connectivity index (χ0v) is 14.2.